The second kappa shape index (κ2) is 6.95. The van der Waals surface area contributed by atoms with E-state index in [1.807, 2.05) is 12.1 Å². The molecular formula is C20H25NO2. The van der Waals surface area contributed by atoms with E-state index >= 15 is 0 Å². The minimum Gasteiger partial charge on any atom is -0.508 e. The minimum atomic E-state index is 0.144. The van der Waals surface area contributed by atoms with Crippen molar-refractivity contribution in [1.29, 1.82) is 0 Å². The molecule has 0 saturated carbocycles. The normalized spacial score (nSPS) is 16.8. The smallest absolute Gasteiger partial charge is 0.143 e. The van der Waals surface area contributed by atoms with E-state index in [2.05, 4.69) is 43.0 Å². The maximum absolute atomic E-state index is 9.79. The van der Waals surface area contributed by atoms with Gasteiger partial charge in [-0.1, -0.05) is 37.6 Å². The Kier molecular flexibility index (Phi) is 4.75. The van der Waals surface area contributed by atoms with Gasteiger partial charge in [-0.2, -0.15) is 0 Å². The molecule has 0 aliphatic carbocycles. The number of rotatable bonds is 5. The van der Waals surface area contributed by atoms with Crippen molar-refractivity contribution in [2.75, 3.05) is 18.0 Å². The Morgan fingerprint density at radius 2 is 2.04 bits per heavy atom. The van der Waals surface area contributed by atoms with Crippen LogP contribution in [0.4, 0.5) is 5.69 Å². The molecule has 0 saturated heterocycles. The third kappa shape index (κ3) is 3.61. The Bertz CT molecular complexity index is 668. The van der Waals surface area contributed by atoms with Gasteiger partial charge in [0.05, 0.1) is 12.2 Å². The molecule has 0 radical (unpaired) electrons. The zero-order chi connectivity index (χ0) is 16.2. The van der Waals surface area contributed by atoms with Crippen molar-refractivity contribution in [1.82, 2.24) is 0 Å². The number of hydrogen-bond acceptors (Lipinski definition) is 3. The molecule has 0 aromatic heterocycles. The molecule has 1 aliphatic heterocycles. The molecule has 1 N–H and O–H groups in total. The third-order valence-electron chi connectivity index (χ3n) is 4.49. The van der Waals surface area contributed by atoms with Crippen molar-refractivity contribution in [2.45, 2.75) is 39.2 Å². The monoisotopic (exact) mass is 311 g/mol. The van der Waals surface area contributed by atoms with E-state index in [0.717, 1.165) is 43.8 Å². The molecule has 3 rings (SSSR count). The van der Waals surface area contributed by atoms with Crippen molar-refractivity contribution in [3.05, 3.63) is 53.6 Å². The lowest BCUT2D eigenvalue weighted by Crippen LogP contribution is -2.41. The van der Waals surface area contributed by atoms with E-state index in [0.29, 0.717) is 5.75 Å². The fourth-order valence-electron chi connectivity index (χ4n) is 3.16. The highest BCUT2D eigenvalue weighted by Gasteiger charge is 2.26. The molecule has 122 valence electrons. The molecule has 2 aromatic rings. The predicted octanol–water partition coefficient (Wildman–Crippen LogP) is 4.31. The van der Waals surface area contributed by atoms with Gasteiger partial charge in [-0.15, -0.1) is 0 Å². The molecular weight excluding hydrogens is 286 g/mol. The van der Waals surface area contributed by atoms with Crippen LogP contribution in [0, 0.1) is 6.92 Å². The van der Waals surface area contributed by atoms with Gasteiger partial charge in [-0.3, -0.25) is 0 Å². The Labute approximate surface area is 138 Å². The van der Waals surface area contributed by atoms with Crippen molar-refractivity contribution < 1.29 is 9.84 Å². The summed E-state index contributed by atoms with van der Waals surface area (Å²) in [6, 6.07) is 13.9. The second-order valence-electron chi connectivity index (χ2n) is 6.32. The lowest BCUT2D eigenvalue weighted by molar-refractivity contribution is 0.193. The van der Waals surface area contributed by atoms with E-state index in [1.54, 1.807) is 6.07 Å². The summed E-state index contributed by atoms with van der Waals surface area (Å²) in [4.78, 5) is 2.35. The van der Waals surface area contributed by atoms with Crippen molar-refractivity contribution >= 4 is 5.69 Å². The van der Waals surface area contributed by atoms with E-state index in [9.17, 15) is 5.11 Å². The molecule has 0 spiro atoms. The largest absolute Gasteiger partial charge is 0.508 e. The Morgan fingerprint density at radius 1 is 1.22 bits per heavy atom. The molecule has 1 unspecified atom stereocenters. The van der Waals surface area contributed by atoms with Crippen LogP contribution in [0.1, 0.15) is 30.9 Å². The number of hydrogen-bond donors (Lipinski definition) is 1. The quantitative estimate of drug-likeness (QED) is 0.893. The molecule has 1 aliphatic rings. The summed E-state index contributed by atoms with van der Waals surface area (Å²) in [7, 11) is 0. The Hall–Kier alpha value is -2.16. The van der Waals surface area contributed by atoms with Crippen LogP contribution >= 0.6 is 0 Å². The molecule has 0 fully saturated rings. The van der Waals surface area contributed by atoms with Gasteiger partial charge in [0.2, 0.25) is 0 Å². The highest BCUT2D eigenvalue weighted by Crippen LogP contribution is 2.37. The summed E-state index contributed by atoms with van der Waals surface area (Å²) in [6.07, 6.45) is 3.36. The van der Waals surface area contributed by atoms with Gasteiger partial charge in [-0.25, -0.2) is 0 Å². The summed E-state index contributed by atoms with van der Waals surface area (Å²) >= 11 is 0. The number of benzene rings is 2. The van der Waals surface area contributed by atoms with Gasteiger partial charge in [0.1, 0.15) is 17.6 Å². The number of unbranched alkanes of at least 4 members (excludes halogenated alkanes) is 1. The lowest BCUT2D eigenvalue weighted by Gasteiger charge is -2.36. The van der Waals surface area contributed by atoms with Crippen LogP contribution in [-0.2, 0) is 6.42 Å². The molecule has 3 heteroatoms. The van der Waals surface area contributed by atoms with Crippen LogP contribution in [0.3, 0.4) is 0 Å². The first-order valence-electron chi connectivity index (χ1n) is 8.46. The SMILES string of the molecule is CCCCN1CC(Cc2ccccc2C)Oc2ccc(O)cc21. The number of nitrogens with zero attached hydrogens (tertiary/aromatic N) is 1. The summed E-state index contributed by atoms with van der Waals surface area (Å²) in [6.45, 7) is 6.22. The minimum absolute atomic E-state index is 0.144. The first kappa shape index (κ1) is 15.7. The van der Waals surface area contributed by atoms with Crippen LogP contribution in [0.15, 0.2) is 42.5 Å². The van der Waals surface area contributed by atoms with Gasteiger partial charge < -0.3 is 14.7 Å². The zero-order valence-electron chi connectivity index (χ0n) is 14.0. The highest BCUT2D eigenvalue weighted by atomic mass is 16.5. The third-order valence-corrected chi connectivity index (χ3v) is 4.49. The van der Waals surface area contributed by atoms with Crippen molar-refractivity contribution in [2.24, 2.45) is 0 Å². The topological polar surface area (TPSA) is 32.7 Å². The molecule has 23 heavy (non-hydrogen) atoms. The van der Waals surface area contributed by atoms with Crippen molar-refractivity contribution in [3.63, 3.8) is 0 Å². The average Bonchev–Trinajstić information content (AvgIpc) is 2.55. The van der Waals surface area contributed by atoms with Crippen LogP contribution < -0.4 is 9.64 Å². The molecule has 1 atom stereocenters. The number of anilines is 1. The van der Waals surface area contributed by atoms with Gasteiger partial charge >= 0.3 is 0 Å². The summed E-state index contributed by atoms with van der Waals surface area (Å²) in [5.74, 6) is 1.18. The van der Waals surface area contributed by atoms with Crippen molar-refractivity contribution in [3.8, 4) is 11.5 Å². The van der Waals surface area contributed by atoms with Gasteiger partial charge in [0, 0.05) is 19.0 Å². The molecule has 0 bridgehead atoms. The number of ether oxygens (including phenoxy) is 1. The van der Waals surface area contributed by atoms with Crippen LogP contribution in [0.2, 0.25) is 0 Å². The van der Waals surface area contributed by atoms with Crippen LogP contribution in [0.25, 0.3) is 0 Å². The predicted molar refractivity (Wildman–Crippen MR) is 94.5 cm³/mol. The summed E-state index contributed by atoms with van der Waals surface area (Å²) in [5, 5.41) is 9.79. The standard InChI is InChI=1S/C20H25NO2/c1-3-4-11-21-14-18(12-16-8-6-5-7-15(16)2)23-20-10-9-17(22)13-19(20)21/h5-10,13,18,22H,3-4,11-12,14H2,1-2H3. The fraction of sp³-hybridized carbons (Fsp3) is 0.400. The zero-order valence-corrected chi connectivity index (χ0v) is 14.0. The Balaban J connectivity index is 1.82. The molecule has 2 aromatic carbocycles. The summed E-state index contributed by atoms with van der Waals surface area (Å²) in [5.41, 5.74) is 3.67. The maximum Gasteiger partial charge on any atom is 0.143 e. The first-order valence-corrected chi connectivity index (χ1v) is 8.46. The number of phenolic OH excluding ortho intramolecular Hbond substituents is 1. The van der Waals surface area contributed by atoms with Gasteiger partial charge in [0.15, 0.2) is 0 Å². The van der Waals surface area contributed by atoms with E-state index in [1.165, 1.54) is 11.1 Å². The second-order valence-corrected chi connectivity index (χ2v) is 6.32. The van der Waals surface area contributed by atoms with Gasteiger partial charge in [0.25, 0.3) is 0 Å². The lowest BCUT2D eigenvalue weighted by atomic mass is 10.0. The number of aryl methyl sites for hydroxylation is 1. The molecule has 1 heterocycles. The average molecular weight is 311 g/mol. The van der Waals surface area contributed by atoms with Gasteiger partial charge in [-0.05, 0) is 36.6 Å². The number of phenols is 1. The number of fused-ring (bicyclic) bond motifs is 1. The molecule has 3 nitrogen and oxygen atoms in total. The van der Waals surface area contributed by atoms with E-state index in [4.69, 9.17) is 4.74 Å². The molecule has 0 amide bonds. The van der Waals surface area contributed by atoms with E-state index < -0.39 is 0 Å². The highest BCUT2D eigenvalue weighted by molar-refractivity contribution is 5.63. The fourth-order valence-corrected chi connectivity index (χ4v) is 3.16. The first-order chi connectivity index (χ1) is 11.2. The van der Waals surface area contributed by atoms with E-state index in [-0.39, 0.29) is 6.10 Å². The maximum atomic E-state index is 9.79. The summed E-state index contributed by atoms with van der Waals surface area (Å²) < 4.78 is 6.20. The van der Waals surface area contributed by atoms with Crippen LogP contribution in [-0.4, -0.2) is 24.3 Å². The Morgan fingerprint density at radius 3 is 2.83 bits per heavy atom. The van der Waals surface area contributed by atoms with Crippen LogP contribution in [0.5, 0.6) is 11.5 Å². The number of aromatic hydroxyl groups is 1.